The molecule has 43 heavy (non-hydrogen) atoms. The van der Waals surface area contributed by atoms with Crippen LogP contribution in [0.1, 0.15) is 47.2 Å². The largest absolute Gasteiger partial charge is 0.404 e. The number of carbonyl (C=O) groups excluding carboxylic acids is 2. The fourth-order valence-corrected chi connectivity index (χ4v) is 4.15. The highest BCUT2D eigenvalue weighted by atomic mass is 32.1. The number of aldehydes is 2. The number of nitrogens with one attached hydrogen (secondary N) is 2. The topological polar surface area (TPSA) is 135 Å². The average Bonchev–Trinajstić information content (AvgIpc) is 3.51. The van der Waals surface area contributed by atoms with Gasteiger partial charge in [0.1, 0.15) is 10.8 Å². The summed E-state index contributed by atoms with van der Waals surface area (Å²) in [4.78, 5) is 25.1. The predicted molar refractivity (Wildman–Crippen MR) is 170 cm³/mol. The molecule has 0 aliphatic rings. The van der Waals surface area contributed by atoms with E-state index >= 15 is 0 Å². The average molecular weight is 631 g/mol. The Bertz CT molecular complexity index is 1430. The standard InChI is InChI=1S/C21H23F3N4S.C7H8N2S.C2H2O2/c1-13(28-20(29)19-6-4-3-5-14(19)11-26-2)15-7-16(9-18(22)8-15)17(10-25)12-27-21(23)24;1-6(8)2-3-7-9-4-5-10-7;3-1-2-4/h3-10,12-13,21,26H,11,25H2,1-2H3,(H,28,29);4-6H,8H2,1H3;1-2H/b17-10+,27-12+;;. The summed E-state index contributed by atoms with van der Waals surface area (Å²) in [6, 6.07) is 11.6. The van der Waals surface area contributed by atoms with Crippen LogP contribution in [0.15, 0.2) is 65.2 Å². The van der Waals surface area contributed by atoms with Gasteiger partial charge < -0.3 is 22.1 Å². The van der Waals surface area contributed by atoms with Gasteiger partial charge in [0.25, 0.3) is 0 Å². The number of aliphatic imine (C=N–C) groups is 1. The van der Waals surface area contributed by atoms with Crippen molar-refractivity contribution in [1.82, 2.24) is 15.6 Å². The van der Waals surface area contributed by atoms with Crippen LogP contribution in [0.25, 0.3) is 5.57 Å². The van der Waals surface area contributed by atoms with Gasteiger partial charge in [-0.1, -0.05) is 42.4 Å². The molecule has 0 bridgehead atoms. The monoisotopic (exact) mass is 630 g/mol. The van der Waals surface area contributed by atoms with Crippen LogP contribution < -0.4 is 22.1 Å². The molecule has 2 aromatic carbocycles. The molecule has 3 aromatic rings. The van der Waals surface area contributed by atoms with E-state index in [4.69, 9.17) is 33.3 Å². The zero-order valence-electron chi connectivity index (χ0n) is 23.8. The van der Waals surface area contributed by atoms with Crippen LogP contribution in [0.5, 0.6) is 0 Å². The van der Waals surface area contributed by atoms with Crippen molar-refractivity contribution in [1.29, 1.82) is 0 Å². The van der Waals surface area contributed by atoms with Gasteiger partial charge in [0.15, 0.2) is 17.6 Å². The van der Waals surface area contributed by atoms with Crippen molar-refractivity contribution in [2.45, 2.75) is 39.0 Å². The van der Waals surface area contributed by atoms with Crippen LogP contribution in [-0.4, -0.2) is 48.4 Å². The number of aromatic nitrogens is 1. The third-order valence-corrected chi connectivity index (χ3v) is 6.16. The lowest BCUT2D eigenvalue weighted by molar-refractivity contribution is -0.122. The molecule has 0 amide bonds. The van der Waals surface area contributed by atoms with E-state index in [-0.39, 0.29) is 30.2 Å². The Balaban J connectivity index is 0.000000542. The summed E-state index contributed by atoms with van der Waals surface area (Å²) < 4.78 is 38.9. The Kier molecular flexibility index (Phi) is 17.7. The molecular weight excluding hydrogens is 597 g/mol. The van der Waals surface area contributed by atoms with Crippen LogP contribution in [0, 0.1) is 17.7 Å². The Morgan fingerprint density at radius 2 is 1.88 bits per heavy atom. The number of benzene rings is 2. The fraction of sp³-hybridized carbons (Fsp3) is 0.233. The lowest BCUT2D eigenvalue weighted by atomic mass is 10.00. The highest BCUT2D eigenvalue weighted by Crippen LogP contribution is 2.22. The molecule has 1 aromatic heterocycles. The SMILES string of the molecule is CC(N)C#Cc1nccs1.CNCc1ccccc1C(=S)NC(C)c1cc(F)cc(C(=C/N)/C=N/C(F)F)c1.O=CC=O. The first kappa shape index (κ1) is 36.8. The second kappa shape index (κ2) is 20.6. The number of carbonyl (C=O) groups is 2. The Hall–Kier alpha value is -4.22. The van der Waals surface area contributed by atoms with Crippen LogP contribution in [0.4, 0.5) is 13.2 Å². The molecule has 8 nitrogen and oxygen atoms in total. The molecule has 2 atom stereocenters. The minimum absolute atomic E-state index is 0.0658. The van der Waals surface area contributed by atoms with E-state index in [9.17, 15) is 13.2 Å². The zero-order valence-corrected chi connectivity index (χ0v) is 25.4. The van der Waals surface area contributed by atoms with Crippen molar-refractivity contribution in [2.75, 3.05) is 7.05 Å². The predicted octanol–water partition coefficient (Wildman–Crippen LogP) is 4.39. The molecule has 1 heterocycles. The maximum Gasteiger partial charge on any atom is 0.331 e. The maximum atomic E-state index is 14.2. The van der Waals surface area contributed by atoms with Crippen LogP contribution >= 0.6 is 23.6 Å². The number of nitrogens with two attached hydrogens (primary N) is 2. The molecule has 0 spiro atoms. The summed E-state index contributed by atoms with van der Waals surface area (Å²) in [5.74, 6) is 5.16. The van der Waals surface area contributed by atoms with Gasteiger partial charge in [-0.25, -0.2) is 14.4 Å². The number of hydrogen-bond donors (Lipinski definition) is 4. The van der Waals surface area contributed by atoms with E-state index < -0.39 is 12.4 Å². The normalized spacial score (nSPS) is 12.0. The van der Waals surface area contributed by atoms with Crippen molar-refractivity contribution in [3.05, 3.63) is 93.3 Å². The van der Waals surface area contributed by atoms with Crippen molar-refractivity contribution in [3.8, 4) is 11.8 Å². The fourth-order valence-electron chi connectivity index (χ4n) is 3.28. The van der Waals surface area contributed by atoms with Crippen molar-refractivity contribution < 1.29 is 22.8 Å². The Labute approximate surface area is 258 Å². The quantitative estimate of drug-likeness (QED) is 0.0683. The summed E-state index contributed by atoms with van der Waals surface area (Å²) in [5.41, 5.74) is 14.0. The summed E-state index contributed by atoms with van der Waals surface area (Å²) in [7, 11) is 1.85. The first-order chi connectivity index (χ1) is 20.6. The molecule has 2 unspecified atom stereocenters. The van der Waals surface area contributed by atoms with Gasteiger partial charge in [0, 0.05) is 47.7 Å². The smallest absolute Gasteiger partial charge is 0.331 e. The van der Waals surface area contributed by atoms with Gasteiger partial charge in [-0.3, -0.25) is 9.59 Å². The highest BCUT2D eigenvalue weighted by molar-refractivity contribution is 7.80. The first-order valence-corrected chi connectivity index (χ1v) is 14.0. The molecule has 13 heteroatoms. The minimum atomic E-state index is -2.87. The van der Waals surface area contributed by atoms with E-state index in [1.807, 2.05) is 50.5 Å². The number of rotatable bonds is 9. The lowest BCUT2D eigenvalue weighted by Gasteiger charge is -2.19. The zero-order chi connectivity index (χ0) is 32.2. The van der Waals surface area contributed by atoms with Gasteiger partial charge in [-0.05, 0) is 61.7 Å². The molecule has 0 fully saturated rings. The molecule has 0 saturated heterocycles. The van der Waals surface area contributed by atoms with E-state index in [1.165, 1.54) is 23.5 Å². The molecule has 0 radical (unpaired) electrons. The second-order valence-electron chi connectivity index (χ2n) is 8.50. The first-order valence-electron chi connectivity index (χ1n) is 12.7. The number of nitrogens with zero attached hydrogens (tertiary/aromatic N) is 2. The Morgan fingerprint density at radius 1 is 1.19 bits per heavy atom. The number of alkyl halides is 2. The number of allylic oxidation sites excluding steroid dienone is 1. The number of thiazole rings is 1. The molecule has 0 aliphatic heterocycles. The summed E-state index contributed by atoms with van der Waals surface area (Å²) in [5, 5.41) is 9.03. The van der Waals surface area contributed by atoms with Crippen molar-refractivity contribution in [2.24, 2.45) is 16.5 Å². The van der Waals surface area contributed by atoms with Crippen molar-refractivity contribution >= 4 is 52.9 Å². The van der Waals surface area contributed by atoms with Gasteiger partial charge in [0.05, 0.1) is 6.04 Å². The second-order valence-corrected chi connectivity index (χ2v) is 9.80. The van der Waals surface area contributed by atoms with Crippen LogP contribution in [0.3, 0.4) is 0 Å². The summed E-state index contributed by atoms with van der Waals surface area (Å²) >= 11 is 7.06. The number of thiocarbonyl (C=S) groups is 1. The van der Waals surface area contributed by atoms with E-state index in [1.54, 1.807) is 12.3 Å². The Morgan fingerprint density at radius 3 is 2.44 bits per heavy atom. The van der Waals surface area contributed by atoms with Gasteiger partial charge in [0.2, 0.25) is 0 Å². The minimum Gasteiger partial charge on any atom is -0.404 e. The molecule has 3 rings (SSSR count). The summed E-state index contributed by atoms with van der Waals surface area (Å²) in [6.07, 6.45) is 4.16. The van der Waals surface area contributed by atoms with Crippen LogP contribution in [-0.2, 0) is 16.1 Å². The lowest BCUT2D eigenvalue weighted by Crippen LogP contribution is -2.27. The number of hydrogen-bond acceptors (Lipinski definition) is 9. The van der Waals surface area contributed by atoms with Crippen LogP contribution in [0.2, 0.25) is 0 Å². The molecule has 6 N–H and O–H groups in total. The highest BCUT2D eigenvalue weighted by Gasteiger charge is 2.14. The molecular formula is C30H33F3N6O2S2. The molecule has 0 aliphatic carbocycles. The molecule has 228 valence electrons. The maximum absolute atomic E-state index is 14.2. The third kappa shape index (κ3) is 14.5. The summed E-state index contributed by atoms with van der Waals surface area (Å²) in [6.45, 7) is 1.48. The van der Waals surface area contributed by atoms with Crippen molar-refractivity contribution in [3.63, 3.8) is 0 Å². The van der Waals surface area contributed by atoms with E-state index in [0.717, 1.165) is 28.5 Å². The van der Waals surface area contributed by atoms with Gasteiger partial charge >= 0.3 is 6.55 Å². The van der Waals surface area contributed by atoms with Gasteiger partial charge in [-0.2, -0.15) is 8.78 Å². The van der Waals surface area contributed by atoms with E-state index in [0.29, 0.717) is 22.7 Å². The van der Waals surface area contributed by atoms with E-state index in [2.05, 4.69) is 32.5 Å². The molecule has 0 saturated carbocycles. The number of halogens is 3. The third-order valence-electron chi connectivity index (χ3n) is 5.13. The van der Waals surface area contributed by atoms with Gasteiger partial charge in [-0.15, -0.1) is 11.3 Å².